The van der Waals surface area contributed by atoms with Gasteiger partial charge in [-0.2, -0.15) is 5.10 Å². The lowest BCUT2D eigenvalue weighted by Crippen LogP contribution is -2.39. The molecule has 128 valence electrons. The van der Waals surface area contributed by atoms with Gasteiger partial charge in [0.05, 0.1) is 6.54 Å². The highest BCUT2D eigenvalue weighted by Gasteiger charge is 2.22. The molecule has 2 aromatic rings. The monoisotopic (exact) mass is 327 g/mol. The van der Waals surface area contributed by atoms with Gasteiger partial charge in [-0.25, -0.2) is 4.98 Å². The van der Waals surface area contributed by atoms with Crippen molar-refractivity contribution in [1.29, 1.82) is 0 Å². The first-order valence-corrected chi connectivity index (χ1v) is 8.51. The molecule has 1 aliphatic heterocycles. The number of carbonyl (C=O) groups excluding carboxylic acids is 1. The highest BCUT2D eigenvalue weighted by atomic mass is 16.2. The maximum atomic E-state index is 12.7. The SMILES string of the molecule is Cc1cc(C(=O)N2CCCC(C)C2)ccc1NCc1ncnn1C. The molecule has 1 amide bonds. The number of piperidine rings is 1. The molecule has 0 bridgehead atoms. The van der Waals surface area contributed by atoms with Gasteiger partial charge in [-0.15, -0.1) is 0 Å². The van der Waals surface area contributed by atoms with Crippen LogP contribution in [-0.2, 0) is 13.6 Å². The molecule has 1 aromatic heterocycles. The predicted octanol–water partition coefficient (Wildman–Crippen LogP) is 2.61. The minimum Gasteiger partial charge on any atom is -0.378 e. The summed E-state index contributed by atoms with van der Waals surface area (Å²) in [7, 11) is 1.87. The Hall–Kier alpha value is -2.37. The van der Waals surface area contributed by atoms with Gasteiger partial charge in [-0.05, 0) is 49.4 Å². The van der Waals surface area contributed by atoms with Crippen LogP contribution in [0, 0.1) is 12.8 Å². The van der Waals surface area contributed by atoms with E-state index in [1.165, 1.54) is 6.42 Å². The molecule has 3 rings (SSSR count). The molecular weight excluding hydrogens is 302 g/mol. The Morgan fingerprint density at radius 3 is 2.92 bits per heavy atom. The van der Waals surface area contributed by atoms with Crippen molar-refractivity contribution < 1.29 is 4.79 Å². The summed E-state index contributed by atoms with van der Waals surface area (Å²) in [6, 6.07) is 5.86. The smallest absolute Gasteiger partial charge is 0.253 e. The van der Waals surface area contributed by atoms with E-state index in [1.54, 1.807) is 11.0 Å². The summed E-state index contributed by atoms with van der Waals surface area (Å²) in [6.45, 7) is 6.57. The lowest BCUT2D eigenvalue weighted by molar-refractivity contribution is 0.0683. The second kappa shape index (κ2) is 7.03. The number of rotatable bonds is 4. The molecule has 6 heteroatoms. The Kier molecular flexibility index (Phi) is 4.83. The van der Waals surface area contributed by atoms with Gasteiger partial charge in [-0.1, -0.05) is 6.92 Å². The first-order valence-electron chi connectivity index (χ1n) is 8.51. The summed E-state index contributed by atoms with van der Waals surface area (Å²) in [6.07, 6.45) is 3.86. The summed E-state index contributed by atoms with van der Waals surface area (Å²) < 4.78 is 1.75. The van der Waals surface area contributed by atoms with Crippen molar-refractivity contribution in [1.82, 2.24) is 19.7 Å². The van der Waals surface area contributed by atoms with Gasteiger partial charge < -0.3 is 10.2 Å². The largest absolute Gasteiger partial charge is 0.378 e. The van der Waals surface area contributed by atoms with E-state index in [4.69, 9.17) is 0 Å². The van der Waals surface area contributed by atoms with E-state index < -0.39 is 0 Å². The molecule has 1 N–H and O–H groups in total. The standard InChI is InChI=1S/C18H25N5O/c1-13-5-4-8-23(11-13)18(24)15-6-7-16(14(2)9-15)19-10-17-20-12-21-22(17)3/h6-7,9,12-13,19H,4-5,8,10-11H2,1-3H3. The van der Waals surface area contributed by atoms with Crippen molar-refractivity contribution in [2.45, 2.75) is 33.2 Å². The number of aromatic nitrogens is 3. The van der Waals surface area contributed by atoms with Gasteiger partial charge in [0.25, 0.3) is 5.91 Å². The lowest BCUT2D eigenvalue weighted by atomic mass is 9.99. The van der Waals surface area contributed by atoms with Gasteiger partial charge in [-0.3, -0.25) is 9.48 Å². The Labute approximate surface area is 142 Å². The van der Waals surface area contributed by atoms with Crippen molar-refractivity contribution in [3.05, 3.63) is 41.5 Å². The fraction of sp³-hybridized carbons (Fsp3) is 0.500. The van der Waals surface area contributed by atoms with Crippen LogP contribution in [0.2, 0.25) is 0 Å². The van der Waals surface area contributed by atoms with E-state index in [-0.39, 0.29) is 5.91 Å². The third-order valence-electron chi connectivity index (χ3n) is 4.66. The summed E-state index contributed by atoms with van der Waals surface area (Å²) in [5.41, 5.74) is 2.85. The molecule has 0 radical (unpaired) electrons. The Morgan fingerprint density at radius 1 is 1.42 bits per heavy atom. The molecule has 0 aliphatic carbocycles. The minimum atomic E-state index is 0.143. The molecule has 0 saturated carbocycles. The second-order valence-electron chi connectivity index (χ2n) is 6.68. The van der Waals surface area contributed by atoms with Crippen LogP contribution in [0.15, 0.2) is 24.5 Å². The quantitative estimate of drug-likeness (QED) is 0.937. The second-order valence-corrected chi connectivity index (χ2v) is 6.68. The third kappa shape index (κ3) is 3.58. The maximum absolute atomic E-state index is 12.7. The fourth-order valence-corrected chi connectivity index (χ4v) is 3.21. The molecule has 0 spiro atoms. The normalized spacial score (nSPS) is 17.8. The van der Waals surface area contributed by atoms with Gasteiger partial charge in [0.15, 0.2) is 0 Å². The highest BCUT2D eigenvalue weighted by molar-refractivity contribution is 5.95. The van der Waals surface area contributed by atoms with E-state index in [0.29, 0.717) is 12.5 Å². The summed E-state index contributed by atoms with van der Waals surface area (Å²) >= 11 is 0. The van der Waals surface area contributed by atoms with Crippen molar-refractivity contribution in [2.75, 3.05) is 18.4 Å². The van der Waals surface area contributed by atoms with E-state index in [9.17, 15) is 4.79 Å². The van der Waals surface area contributed by atoms with Crippen molar-refractivity contribution in [3.8, 4) is 0 Å². The Balaban J connectivity index is 1.67. The average molecular weight is 327 g/mol. The highest BCUT2D eigenvalue weighted by Crippen LogP contribution is 2.21. The molecule has 24 heavy (non-hydrogen) atoms. The molecule has 1 saturated heterocycles. The van der Waals surface area contributed by atoms with Crippen molar-refractivity contribution >= 4 is 11.6 Å². The number of aryl methyl sites for hydroxylation is 2. The zero-order valence-electron chi connectivity index (χ0n) is 14.6. The number of anilines is 1. The lowest BCUT2D eigenvalue weighted by Gasteiger charge is -2.31. The van der Waals surface area contributed by atoms with Crippen LogP contribution < -0.4 is 5.32 Å². The first-order chi connectivity index (χ1) is 11.5. The molecule has 2 heterocycles. The number of nitrogens with zero attached hydrogens (tertiary/aromatic N) is 4. The van der Waals surface area contributed by atoms with Crippen LogP contribution in [0.5, 0.6) is 0 Å². The first kappa shape index (κ1) is 16.5. The predicted molar refractivity (Wildman–Crippen MR) is 93.8 cm³/mol. The maximum Gasteiger partial charge on any atom is 0.253 e. The van der Waals surface area contributed by atoms with Gasteiger partial charge >= 0.3 is 0 Å². The van der Waals surface area contributed by atoms with Gasteiger partial charge in [0, 0.05) is 31.4 Å². The molecule has 1 atom stereocenters. The summed E-state index contributed by atoms with van der Waals surface area (Å²) in [5.74, 6) is 1.61. The zero-order chi connectivity index (χ0) is 17.1. The molecular formula is C18H25N5O. The molecule has 6 nitrogen and oxygen atoms in total. The summed E-state index contributed by atoms with van der Waals surface area (Å²) in [5, 5.41) is 7.42. The van der Waals surface area contributed by atoms with Crippen LogP contribution in [0.1, 0.15) is 41.5 Å². The van der Waals surface area contributed by atoms with Crippen LogP contribution >= 0.6 is 0 Å². The van der Waals surface area contributed by atoms with Crippen molar-refractivity contribution in [3.63, 3.8) is 0 Å². The minimum absolute atomic E-state index is 0.143. The number of hydrogen-bond acceptors (Lipinski definition) is 4. The third-order valence-corrected chi connectivity index (χ3v) is 4.66. The van der Waals surface area contributed by atoms with Gasteiger partial charge in [0.1, 0.15) is 12.2 Å². The average Bonchev–Trinajstić information content (AvgIpc) is 2.98. The zero-order valence-corrected chi connectivity index (χ0v) is 14.6. The van der Waals surface area contributed by atoms with E-state index >= 15 is 0 Å². The van der Waals surface area contributed by atoms with E-state index in [0.717, 1.165) is 42.1 Å². The number of benzene rings is 1. The number of amides is 1. The molecule has 1 unspecified atom stereocenters. The van der Waals surface area contributed by atoms with Crippen LogP contribution in [0.4, 0.5) is 5.69 Å². The number of likely N-dealkylation sites (tertiary alicyclic amines) is 1. The van der Waals surface area contributed by atoms with Crippen molar-refractivity contribution in [2.24, 2.45) is 13.0 Å². The summed E-state index contributed by atoms with van der Waals surface area (Å²) in [4.78, 5) is 18.9. The van der Waals surface area contributed by atoms with Crippen LogP contribution in [0.25, 0.3) is 0 Å². The number of carbonyl (C=O) groups is 1. The van der Waals surface area contributed by atoms with Gasteiger partial charge in [0.2, 0.25) is 0 Å². The van der Waals surface area contributed by atoms with E-state index in [1.807, 2.05) is 37.1 Å². The molecule has 1 aliphatic rings. The Morgan fingerprint density at radius 2 is 2.25 bits per heavy atom. The van der Waals surface area contributed by atoms with Crippen LogP contribution in [-0.4, -0.2) is 38.7 Å². The molecule has 1 aromatic carbocycles. The number of nitrogens with one attached hydrogen (secondary N) is 1. The molecule has 1 fully saturated rings. The fourth-order valence-electron chi connectivity index (χ4n) is 3.21. The number of hydrogen-bond donors (Lipinski definition) is 1. The van der Waals surface area contributed by atoms with Crippen LogP contribution in [0.3, 0.4) is 0 Å². The Bertz CT molecular complexity index is 724. The van der Waals surface area contributed by atoms with E-state index in [2.05, 4.69) is 22.3 Å². The topological polar surface area (TPSA) is 63.1 Å².